The van der Waals surface area contributed by atoms with Crippen molar-refractivity contribution in [1.29, 1.82) is 0 Å². The van der Waals surface area contributed by atoms with Crippen LogP contribution in [0.1, 0.15) is 5.56 Å². The van der Waals surface area contributed by atoms with Gasteiger partial charge in [-0.2, -0.15) is 0 Å². The van der Waals surface area contributed by atoms with E-state index in [1.165, 1.54) is 0 Å². The van der Waals surface area contributed by atoms with E-state index in [1.54, 1.807) is 30.5 Å². The Kier molecular flexibility index (Phi) is 5.67. The number of urea groups is 1. The van der Waals surface area contributed by atoms with Crippen LogP contribution in [0, 0.1) is 0 Å². The van der Waals surface area contributed by atoms with Crippen molar-refractivity contribution in [3.8, 4) is 0 Å². The van der Waals surface area contributed by atoms with Gasteiger partial charge in [0.15, 0.2) is 0 Å². The van der Waals surface area contributed by atoms with Crippen molar-refractivity contribution in [3.05, 3.63) is 68.7 Å². The normalized spacial score (nSPS) is 10.6. The molecule has 0 fully saturated rings. The number of nitrogens with one attached hydrogen (secondary N) is 2. The standard InChI is InChI=1S/C15H11BrCl2N2O/c16-11-4-1-3-10(9-11)7-8-19-15(21)20-13-6-2-5-12(17)14(13)18/h1-9H,(H2,19,20,21)/b8-7+. The Morgan fingerprint density at radius 3 is 2.67 bits per heavy atom. The molecule has 0 saturated heterocycles. The lowest BCUT2D eigenvalue weighted by atomic mass is 10.2. The number of hydrogen-bond acceptors (Lipinski definition) is 1. The zero-order valence-corrected chi connectivity index (χ0v) is 13.8. The molecule has 0 heterocycles. The Hall–Kier alpha value is -1.49. The highest BCUT2D eigenvalue weighted by Crippen LogP contribution is 2.29. The summed E-state index contributed by atoms with van der Waals surface area (Å²) in [4.78, 5) is 11.7. The molecule has 0 aliphatic carbocycles. The van der Waals surface area contributed by atoms with E-state index in [0.717, 1.165) is 10.0 Å². The van der Waals surface area contributed by atoms with Crippen molar-refractivity contribution >= 4 is 56.9 Å². The first-order valence-corrected chi connectivity index (χ1v) is 7.55. The quantitative estimate of drug-likeness (QED) is 0.714. The van der Waals surface area contributed by atoms with Crippen molar-refractivity contribution in [1.82, 2.24) is 5.32 Å². The Morgan fingerprint density at radius 1 is 1.14 bits per heavy atom. The minimum atomic E-state index is -0.398. The molecular formula is C15H11BrCl2N2O. The minimum absolute atomic E-state index is 0.310. The van der Waals surface area contributed by atoms with Gasteiger partial charge in [-0.15, -0.1) is 0 Å². The summed E-state index contributed by atoms with van der Waals surface area (Å²) in [7, 11) is 0. The summed E-state index contributed by atoms with van der Waals surface area (Å²) < 4.78 is 0.972. The molecule has 0 saturated carbocycles. The van der Waals surface area contributed by atoms with E-state index >= 15 is 0 Å². The average Bonchev–Trinajstić information content (AvgIpc) is 2.44. The van der Waals surface area contributed by atoms with Crippen LogP contribution in [0.5, 0.6) is 0 Å². The first-order chi connectivity index (χ1) is 10.1. The first kappa shape index (κ1) is 15.9. The van der Waals surface area contributed by atoms with E-state index in [9.17, 15) is 4.79 Å². The molecule has 2 amide bonds. The number of halogens is 3. The van der Waals surface area contributed by atoms with E-state index in [0.29, 0.717) is 15.7 Å². The summed E-state index contributed by atoms with van der Waals surface area (Å²) in [6.07, 6.45) is 3.33. The molecular weight excluding hydrogens is 375 g/mol. The Bertz CT molecular complexity index is 689. The van der Waals surface area contributed by atoms with Crippen molar-refractivity contribution in [2.45, 2.75) is 0 Å². The van der Waals surface area contributed by atoms with Gasteiger partial charge in [0.1, 0.15) is 0 Å². The molecule has 0 radical (unpaired) electrons. The van der Waals surface area contributed by atoms with Crippen LogP contribution >= 0.6 is 39.1 Å². The van der Waals surface area contributed by atoms with Crippen molar-refractivity contribution < 1.29 is 4.79 Å². The smallest absolute Gasteiger partial charge is 0.314 e. The van der Waals surface area contributed by atoms with Gasteiger partial charge in [0.05, 0.1) is 15.7 Å². The van der Waals surface area contributed by atoms with Crippen LogP contribution in [0.15, 0.2) is 53.1 Å². The predicted molar refractivity (Wildman–Crippen MR) is 91.8 cm³/mol. The van der Waals surface area contributed by atoms with Crippen LogP contribution in [0.4, 0.5) is 10.5 Å². The second-order valence-electron chi connectivity index (χ2n) is 4.09. The van der Waals surface area contributed by atoms with Crippen LogP contribution in [0.2, 0.25) is 10.0 Å². The van der Waals surface area contributed by atoms with E-state index in [2.05, 4.69) is 26.6 Å². The largest absolute Gasteiger partial charge is 0.323 e. The number of carbonyl (C=O) groups excluding carboxylic acids is 1. The third-order valence-corrected chi connectivity index (χ3v) is 3.85. The monoisotopic (exact) mass is 384 g/mol. The fourth-order valence-corrected chi connectivity index (χ4v) is 2.35. The summed E-state index contributed by atoms with van der Waals surface area (Å²) in [5.74, 6) is 0. The average molecular weight is 386 g/mol. The molecule has 0 atom stereocenters. The van der Waals surface area contributed by atoms with E-state index in [1.807, 2.05) is 24.3 Å². The van der Waals surface area contributed by atoms with Crippen LogP contribution in [0.25, 0.3) is 6.08 Å². The van der Waals surface area contributed by atoms with Crippen LogP contribution in [-0.2, 0) is 0 Å². The third kappa shape index (κ3) is 4.77. The minimum Gasteiger partial charge on any atom is -0.314 e. The number of amides is 2. The highest BCUT2D eigenvalue weighted by Gasteiger charge is 2.06. The topological polar surface area (TPSA) is 41.1 Å². The summed E-state index contributed by atoms with van der Waals surface area (Å²) in [5.41, 5.74) is 1.42. The van der Waals surface area contributed by atoms with Gasteiger partial charge in [-0.3, -0.25) is 0 Å². The molecule has 108 valence electrons. The van der Waals surface area contributed by atoms with E-state index in [-0.39, 0.29) is 0 Å². The molecule has 2 aromatic rings. The predicted octanol–water partition coefficient (Wildman–Crippen LogP) is 5.55. The van der Waals surface area contributed by atoms with E-state index in [4.69, 9.17) is 23.2 Å². The van der Waals surface area contributed by atoms with Gasteiger partial charge < -0.3 is 10.6 Å². The number of anilines is 1. The van der Waals surface area contributed by atoms with Gasteiger partial charge in [-0.1, -0.05) is 57.3 Å². The maximum Gasteiger partial charge on any atom is 0.323 e. The maximum atomic E-state index is 11.7. The summed E-state index contributed by atoms with van der Waals surface area (Å²) in [6.45, 7) is 0. The van der Waals surface area contributed by atoms with Crippen LogP contribution in [-0.4, -0.2) is 6.03 Å². The molecule has 0 aromatic heterocycles. The molecule has 2 aromatic carbocycles. The van der Waals surface area contributed by atoms with Gasteiger partial charge in [-0.05, 0) is 35.9 Å². The molecule has 0 aliphatic heterocycles. The van der Waals surface area contributed by atoms with Crippen LogP contribution < -0.4 is 10.6 Å². The van der Waals surface area contributed by atoms with Crippen molar-refractivity contribution in [2.75, 3.05) is 5.32 Å². The van der Waals surface area contributed by atoms with E-state index < -0.39 is 6.03 Å². The molecule has 3 nitrogen and oxygen atoms in total. The summed E-state index contributed by atoms with van der Waals surface area (Å²) in [6, 6.07) is 12.3. The zero-order chi connectivity index (χ0) is 15.2. The lowest BCUT2D eigenvalue weighted by molar-refractivity contribution is 0.255. The van der Waals surface area contributed by atoms with Gasteiger partial charge in [0.2, 0.25) is 0 Å². The molecule has 6 heteroatoms. The highest BCUT2D eigenvalue weighted by molar-refractivity contribution is 9.10. The molecule has 2 rings (SSSR count). The number of benzene rings is 2. The SMILES string of the molecule is O=C(N/C=C/c1cccc(Br)c1)Nc1cccc(Cl)c1Cl. The molecule has 0 bridgehead atoms. The second-order valence-corrected chi connectivity index (χ2v) is 5.79. The van der Waals surface area contributed by atoms with Gasteiger partial charge in [-0.25, -0.2) is 4.79 Å². The zero-order valence-electron chi connectivity index (χ0n) is 10.7. The molecule has 0 unspecified atom stereocenters. The number of carbonyl (C=O) groups is 1. The van der Waals surface area contributed by atoms with Gasteiger partial charge >= 0.3 is 6.03 Å². The van der Waals surface area contributed by atoms with Gasteiger partial charge in [0.25, 0.3) is 0 Å². The molecule has 0 aliphatic rings. The number of rotatable bonds is 3. The summed E-state index contributed by atoms with van der Waals surface area (Å²) in [5, 5.41) is 5.92. The fourth-order valence-electron chi connectivity index (χ4n) is 1.58. The van der Waals surface area contributed by atoms with Crippen molar-refractivity contribution in [2.24, 2.45) is 0 Å². The molecule has 0 spiro atoms. The van der Waals surface area contributed by atoms with Gasteiger partial charge in [0, 0.05) is 10.7 Å². The Balaban J connectivity index is 1.95. The molecule has 21 heavy (non-hydrogen) atoms. The fraction of sp³-hybridized carbons (Fsp3) is 0. The Morgan fingerprint density at radius 2 is 1.90 bits per heavy atom. The summed E-state index contributed by atoms with van der Waals surface area (Å²) >= 11 is 15.2. The maximum absolute atomic E-state index is 11.7. The number of hydrogen-bond donors (Lipinski definition) is 2. The second kappa shape index (κ2) is 7.50. The third-order valence-electron chi connectivity index (χ3n) is 2.54. The molecule has 2 N–H and O–H groups in total. The van der Waals surface area contributed by atoms with Crippen LogP contribution in [0.3, 0.4) is 0 Å². The van der Waals surface area contributed by atoms with Crippen molar-refractivity contribution in [3.63, 3.8) is 0 Å². The lowest BCUT2D eigenvalue weighted by Gasteiger charge is -2.07. The Labute approximate surface area is 141 Å². The lowest BCUT2D eigenvalue weighted by Crippen LogP contribution is -2.23. The first-order valence-electron chi connectivity index (χ1n) is 6.00. The highest BCUT2D eigenvalue weighted by atomic mass is 79.9.